The molecule has 0 fully saturated rings. The first-order chi connectivity index (χ1) is 15.3. The van der Waals surface area contributed by atoms with E-state index in [1.807, 2.05) is 49.9 Å². The van der Waals surface area contributed by atoms with Gasteiger partial charge in [-0.1, -0.05) is 27.2 Å². The zero-order valence-corrected chi connectivity index (χ0v) is 19.1. The normalized spacial score (nSPS) is 11.2. The van der Waals surface area contributed by atoms with Gasteiger partial charge in [-0.3, -0.25) is 14.3 Å². The van der Waals surface area contributed by atoms with E-state index in [1.54, 1.807) is 13.3 Å². The van der Waals surface area contributed by atoms with Crippen LogP contribution in [0.4, 0.5) is 11.5 Å². The van der Waals surface area contributed by atoms with Crippen molar-refractivity contribution < 1.29 is 9.15 Å². The summed E-state index contributed by atoms with van der Waals surface area (Å²) in [6, 6.07) is 7.48. The maximum atomic E-state index is 12.7. The molecule has 0 aliphatic heterocycles. The molecule has 0 aliphatic rings. The molecule has 2 aromatic heterocycles. The van der Waals surface area contributed by atoms with Gasteiger partial charge in [-0.15, -0.1) is 0 Å². The standard InChI is InChI=1S/C23H31N5O4/c1-5-6-11-28-21(24)20(22(29)26-23(28)30)27(13-15(2)3)14-19-25-12-18(32-19)16-7-9-17(31-4)10-8-16/h7-10,12,15H,5-6,11,13-14,24H2,1-4H3,(H,26,29,30). The van der Waals surface area contributed by atoms with Crippen molar-refractivity contribution >= 4 is 11.5 Å². The number of methoxy groups -OCH3 is 1. The largest absolute Gasteiger partial charge is 0.497 e. The zero-order valence-electron chi connectivity index (χ0n) is 19.1. The predicted molar refractivity (Wildman–Crippen MR) is 125 cm³/mol. The van der Waals surface area contributed by atoms with E-state index in [9.17, 15) is 9.59 Å². The van der Waals surface area contributed by atoms with Crippen molar-refractivity contribution in [1.82, 2.24) is 14.5 Å². The number of unbranched alkanes of at least 4 members (excludes halogenated alkanes) is 1. The van der Waals surface area contributed by atoms with Crippen molar-refractivity contribution in [3.63, 3.8) is 0 Å². The van der Waals surface area contributed by atoms with Crippen LogP contribution in [0.15, 0.2) is 44.5 Å². The number of benzene rings is 1. The Hall–Kier alpha value is -3.49. The fourth-order valence-corrected chi connectivity index (χ4v) is 3.53. The van der Waals surface area contributed by atoms with Crippen LogP contribution < -0.4 is 26.6 Å². The Morgan fingerprint density at radius 3 is 2.59 bits per heavy atom. The topological polar surface area (TPSA) is 119 Å². The number of nitrogen functional groups attached to an aromatic ring is 1. The lowest BCUT2D eigenvalue weighted by atomic mass is 10.2. The molecule has 3 rings (SSSR count). The second-order valence-corrected chi connectivity index (χ2v) is 8.12. The highest BCUT2D eigenvalue weighted by Crippen LogP contribution is 2.25. The van der Waals surface area contributed by atoms with Crippen LogP contribution in [0.25, 0.3) is 11.3 Å². The summed E-state index contributed by atoms with van der Waals surface area (Å²) in [5, 5.41) is 0. The molecule has 0 atom stereocenters. The first-order valence-electron chi connectivity index (χ1n) is 10.8. The van der Waals surface area contributed by atoms with Crippen LogP contribution >= 0.6 is 0 Å². The summed E-state index contributed by atoms with van der Waals surface area (Å²) in [5.74, 6) is 2.21. The number of aromatic amines is 1. The molecule has 3 N–H and O–H groups in total. The molecule has 0 amide bonds. The average molecular weight is 442 g/mol. The van der Waals surface area contributed by atoms with Gasteiger partial charge in [0.2, 0.25) is 5.89 Å². The molecule has 0 spiro atoms. The molecule has 0 saturated carbocycles. The van der Waals surface area contributed by atoms with Crippen molar-refractivity contribution in [3.8, 4) is 17.1 Å². The molecule has 0 bridgehead atoms. The zero-order chi connectivity index (χ0) is 23.3. The van der Waals surface area contributed by atoms with Gasteiger partial charge < -0.3 is 19.8 Å². The molecular formula is C23H31N5O4. The fraction of sp³-hybridized carbons (Fsp3) is 0.435. The van der Waals surface area contributed by atoms with E-state index in [2.05, 4.69) is 9.97 Å². The van der Waals surface area contributed by atoms with Crippen LogP contribution in [0.3, 0.4) is 0 Å². The molecule has 2 heterocycles. The molecule has 1 aromatic carbocycles. The SMILES string of the molecule is CCCCn1c(N)c(N(Cc2ncc(-c3ccc(OC)cc3)o2)CC(C)C)c(=O)[nH]c1=O. The van der Waals surface area contributed by atoms with Gasteiger partial charge in [0.15, 0.2) is 5.76 Å². The number of H-pyrrole nitrogens is 1. The lowest BCUT2D eigenvalue weighted by Gasteiger charge is -2.26. The minimum Gasteiger partial charge on any atom is -0.497 e. The summed E-state index contributed by atoms with van der Waals surface area (Å²) in [6.45, 7) is 7.35. The summed E-state index contributed by atoms with van der Waals surface area (Å²) in [5.41, 5.74) is 6.44. The Morgan fingerprint density at radius 2 is 1.97 bits per heavy atom. The van der Waals surface area contributed by atoms with Crippen LogP contribution in [0, 0.1) is 5.92 Å². The third-order valence-corrected chi connectivity index (χ3v) is 5.11. The maximum absolute atomic E-state index is 12.7. The smallest absolute Gasteiger partial charge is 0.330 e. The molecule has 0 saturated heterocycles. The van der Waals surface area contributed by atoms with Gasteiger partial charge in [-0.25, -0.2) is 9.78 Å². The summed E-state index contributed by atoms with van der Waals surface area (Å²) < 4.78 is 12.6. The highest BCUT2D eigenvalue weighted by molar-refractivity contribution is 5.62. The molecular weight excluding hydrogens is 410 g/mol. The average Bonchev–Trinajstić information content (AvgIpc) is 3.21. The van der Waals surface area contributed by atoms with Crippen LogP contribution in [-0.2, 0) is 13.1 Å². The fourth-order valence-electron chi connectivity index (χ4n) is 3.53. The van der Waals surface area contributed by atoms with Gasteiger partial charge in [0.05, 0.1) is 19.9 Å². The van der Waals surface area contributed by atoms with E-state index in [-0.39, 0.29) is 24.0 Å². The third-order valence-electron chi connectivity index (χ3n) is 5.11. The number of nitrogens with one attached hydrogen (secondary N) is 1. The first-order valence-corrected chi connectivity index (χ1v) is 10.8. The van der Waals surface area contributed by atoms with Crippen molar-refractivity contribution in [1.29, 1.82) is 0 Å². The van der Waals surface area contributed by atoms with E-state index in [0.29, 0.717) is 24.7 Å². The molecule has 3 aromatic rings. The van der Waals surface area contributed by atoms with E-state index in [1.165, 1.54) is 4.57 Å². The van der Waals surface area contributed by atoms with E-state index in [0.717, 1.165) is 24.2 Å². The van der Waals surface area contributed by atoms with E-state index in [4.69, 9.17) is 14.9 Å². The Labute approximate surface area is 186 Å². The molecule has 0 aliphatic carbocycles. The van der Waals surface area contributed by atoms with Crippen molar-refractivity contribution in [2.75, 3.05) is 24.3 Å². The van der Waals surface area contributed by atoms with Crippen molar-refractivity contribution in [2.24, 2.45) is 5.92 Å². The number of nitrogens with zero attached hydrogens (tertiary/aromatic N) is 3. The summed E-state index contributed by atoms with van der Waals surface area (Å²) in [7, 11) is 1.61. The Balaban J connectivity index is 1.94. The number of ether oxygens (including phenoxy) is 1. The Kier molecular flexibility index (Phi) is 7.40. The number of anilines is 2. The van der Waals surface area contributed by atoms with Crippen LogP contribution in [0.1, 0.15) is 39.5 Å². The lowest BCUT2D eigenvalue weighted by Crippen LogP contribution is -2.39. The van der Waals surface area contributed by atoms with Gasteiger partial charge in [-0.2, -0.15) is 0 Å². The molecule has 0 unspecified atom stereocenters. The molecule has 172 valence electrons. The van der Waals surface area contributed by atoms with Gasteiger partial charge in [0, 0.05) is 18.7 Å². The highest BCUT2D eigenvalue weighted by Gasteiger charge is 2.22. The monoisotopic (exact) mass is 441 g/mol. The molecule has 0 radical (unpaired) electrons. The molecule has 9 nitrogen and oxygen atoms in total. The Bertz CT molecular complexity index is 1140. The summed E-state index contributed by atoms with van der Waals surface area (Å²) >= 11 is 0. The van der Waals surface area contributed by atoms with E-state index < -0.39 is 11.2 Å². The first kappa shape index (κ1) is 23.2. The Morgan fingerprint density at radius 1 is 1.25 bits per heavy atom. The number of hydrogen-bond acceptors (Lipinski definition) is 7. The van der Waals surface area contributed by atoms with Gasteiger partial charge in [-0.05, 0) is 36.6 Å². The highest BCUT2D eigenvalue weighted by atomic mass is 16.5. The minimum absolute atomic E-state index is 0.162. The van der Waals surface area contributed by atoms with Gasteiger partial charge in [0.1, 0.15) is 17.3 Å². The van der Waals surface area contributed by atoms with E-state index >= 15 is 0 Å². The molecule has 32 heavy (non-hydrogen) atoms. The van der Waals surface area contributed by atoms with Crippen molar-refractivity contribution in [3.05, 3.63) is 57.2 Å². The minimum atomic E-state index is -0.511. The molecule has 9 heteroatoms. The number of rotatable bonds is 10. The second-order valence-electron chi connectivity index (χ2n) is 8.12. The van der Waals surface area contributed by atoms with Gasteiger partial charge >= 0.3 is 5.69 Å². The number of aromatic nitrogens is 3. The number of hydrogen-bond donors (Lipinski definition) is 2. The second kappa shape index (κ2) is 10.2. The number of oxazole rings is 1. The third kappa shape index (κ3) is 5.22. The van der Waals surface area contributed by atoms with Crippen LogP contribution in [0.5, 0.6) is 5.75 Å². The van der Waals surface area contributed by atoms with Crippen LogP contribution in [0.2, 0.25) is 0 Å². The van der Waals surface area contributed by atoms with Crippen molar-refractivity contribution in [2.45, 2.75) is 46.7 Å². The van der Waals surface area contributed by atoms with Crippen LogP contribution in [-0.4, -0.2) is 28.2 Å². The summed E-state index contributed by atoms with van der Waals surface area (Å²) in [4.78, 5) is 33.7. The predicted octanol–water partition coefficient (Wildman–Crippen LogP) is 3.25. The van der Waals surface area contributed by atoms with Gasteiger partial charge in [0.25, 0.3) is 5.56 Å². The number of nitrogens with two attached hydrogens (primary N) is 1. The quantitative estimate of drug-likeness (QED) is 0.496. The summed E-state index contributed by atoms with van der Waals surface area (Å²) in [6.07, 6.45) is 3.34. The lowest BCUT2D eigenvalue weighted by molar-refractivity contribution is 0.415. The maximum Gasteiger partial charge on any atom is 0.330 e.